The highest BCUT2D eigenvalue weighted by Gasteiger charge is 2.22. The Morgan fingerprint density at radius 2 is 2.14 bits per heavy atom. The van der Waals surface area contributed by atoms with Gasteiger partial charge in [0.25, 0.3) is 11.6 Å². The molecule has 0 aliphatic rings. The molecule has 0 bridgehead atoms. The molecular weight excluding hydrogens is 364 g/mol. The third-order valence-corrected chi connectivity index (χ3v) is 4.35. The van der Waals surface area contributed by atoms with Crippen LogP contribution in [0.3, 0.4) is 0 Å². The monoisotopic (exact) mass is 384 g/mol. The second-order valence-corrected chi connectivity index (χ2v) is 6.42. The van der Waals surface area contributed by atoms with Crippen molar-refractivity contribution in [3.8, 4) is 5.69 Å². The molecule has 1 amide bonds. The minimum atomic E-state index is -0.487. The van der Waals surface area contributed by atoms with E-state index in [1.54, 1.807) is 31.4 Å². The lowest BCUT2D eigenvalue weighted by atomic mass is 10.2. The zero-order valence-electron chi connectivity index (χ0n) is 15.7. The van der Waals surface area contributed by atoms with Crippen LogP contribution in [0, 0.1) is 17.0 Å². The molecule has 1 unspecified atom stereocenters. The maximum absolute atomic E-state index is 12.6. The van der Waals surface area contributed by atoms with E-state index in [0.717, 1.165) is 5.76 Å². The molecule has 1 N–H and O–H groups in total. The Bertz CT molecular complexity index is 980. The van der Waals surface area contributed by atoms with Crippen LogP contribution in [0.5, 0.6) is 0 Å². The number of rotatable bonds is 7. The highest BCUT2D eigenvalue weighted by Crippen LogP contribution is 2.20. The number of carbonyl (C=O) groups is 1. The number of amides is 1. The van der Waals surface area contributed by atoms with Gasteiger partial charge < -0.3 is 9.73 Å². The molecule has 0 radical (unpaired) electrons. The van der Waals surface area contributed by atoms with Crippen molar-refractivity contribution in [3.05, 3.63) is 69.9 Å². The number of nitro groups is 1. The Morgan fingerprint density at radius 1 is 1.36 bits per heavy atom. The molecule has 28 heavy (non-hydrogen) atoms. The molecule has 0 fully saturated rings. The average Bonchev–Trinajstić information content (AvgIpc) is 3.31. The third kappa shape index (κ3) is 3.91. The van der Waals surface area contributed by atoms with E-state index in [-0.39, 0.29) is 23.3 Å². The number of hydrogen-bond donors (Lipinski definition) is 1. The van der Waals surface area contributed by atoms with Gasteiger partial charge in [-0.25, -0.2) is 4.68 Å². The lowest BCUT2D eigenvalue weighted by Crippen LogP contribution is -2.34. The number of nitrogens with one attached hydrogen (secondary N) is 1. The molecule has 2 aromatic heterocycles. The maximum Gasteiger partial charge on any atom is 0.273 e. The van der Waals surface area contributed by atoms with Gasteiger partial charge >= 0.3 is 0 Å². The molecule has 0 saturated carbocycles. The first kappa shape index (κ1) is 19.2. The third-order valence-electron chi connectivity index (χ3n) is 4.35. The molecule has 3 rings (SSSR count). The van der Waals surface area contributed by atoms with Crippen LogP contribution >= 0.6 is 0 Å². The van der Waals surface area contributed by atoms with E-state index < -0.39 is 4.92 Å². The Labute approximate surface area is 160 Å². The zero-order chi connectivity index (χ0) is 20.3. The summed E-state index contributed by atoms with van der Waals surface area (Å²) in [5.41, 5.74) is 1.03. The van der Waals surface area contributed by atoms with E-state index in [4.69, 9.17) is 4.42 Å². The quantitative estimate of drug-likeness (QED) is 0.489. The SMILES string of the molecule is Cc1c(C(=O)NCC(c2ccco2)N(C)C)nnn1-c1cccc([N+](=O)[O-])c1. The summed E-state index contributed by atoms with van der Waals surface area (Å²) in [6.07, 6.45) is 1.59. The van der Waals surface area contributed by atoms with Crippen molar-refractivity contribution < 1.29 is 14.1 Å². The summed E-state index contributed by atoms with van der Waals surface area (Å²) in [4.78, 5) is 25.0. The van der Waals surface area contributed by atoms with Crippen molar-refractivity contribution in [1.82, 2.24) is 25.2 Å². The second kappa shape index (κ2) is 8.01. The first-order valence-electron chi connectivity index (χ1n) is 8.53. The summed E-state index contributed by atoms with van der Waals surface area (Å²) in [5, 5.41) is 21.7. The molecule has 10 heteroatoms. The van der Waals surface area contributed by atoms with Crippen LogP contribution in [0.4, 0.5) is 5.69 Å². The van der Waals surface area contributed by atoms with E-state index in [2.05, 4.69) is 15.6 Å². The largest absolute Gasteiger partial charge is 0.468 e. The number of furan rings is 1. The van der Waals surface area contributed by atoms with E-state index in [1.165, 1.54) is 16.8 Å². The molecule has 0 spiro atoms. The molecule has 0 saturated heterocycles. The fourth-order valence-corrected chi connectivity index (χ4v) is 2.81. The maximum atomic E-state index is 12.6. The van der Waals surface area contributed by atoms with Crippen LogP contribution < -0.4 is 5.32 Å². The van der Waals surface area contributed by atoms with Gasteiger partial charge in [-0.05, 0) is 39.2 Å². The second-order valence-electron chi connectivity index (χ2n) is 6.42. The predicted octanol–water partition coefficient (Wildman–Crippen LogP) is 2.11. The van der Waals surface area contributed by atoms with Crippen LogP contribution in [0.25, 0.3) is 5.69 Å². The average molecular weight is 384 g/mol. The molecule has 0 aliphatic heterocycles. The number of carbonyl (C=O) groups excluding carboxylic acids is 1. The van der Waals surface area contributed by atoms with Crippen molar-refractivity contribution in [2.24, 2.45) is 0 Å². The van der Waals surface area contributed by atoms with E-state index >= 15 is 0 Å². The highest BCUT2D eigenvalue weighted by molar-refractivity contribution is 5.93. The van der Waals surface area contributed by atoms with Gasteiger partial charge in [0, 0.05) is 18.7 Å². The number of non-ortho nitro benzene ring substituents is 1. The molecule has 3 aromatic rings. The van der Waals surface area contributed by atoms with Crippen molar-refractivity contribution in [2.75, 3.05) is 20.6 Å². The molecule has 2 heterocycles. The van der Waals surface area contributed by atoms with Gasteiger partial charge in [-0.3, -0.25) is 19.8 Å². The van der Waals surface area contributed by atoms with Crippen LogP contribution in [-0.2, 0) is 0 Å². The van der Waals surface area contributed by atoms with Crippen molar-refractivity contribution in [1.29, 1.82) is 0 Å². The first-order chi connectivity index (χ1) is 13.4. The van der Waals surface area contributed by atoms with Crippen LogP contribution in [0.15, 0.2) is 47.1 Å². The molecule has 1 aromatic carbocycles. The summed E-state index contributed by atoms with van der Waals surface area (Å²) in [6.45, 7) is 2.01. The summed E-state index contributed by atoms with van der Waals surface area (Å²) in [5.74, 6) is 0.356. The molecule has 0 aliphatic carbocycles. The fourth-order valence-electron chi connectivity index (χ4n) is 2.81. The number of aromatic nitrogens is 3. The van der Waals surface area contributed by atoms with Gasteiger partial charge in [0.15, 0.2) is 5.69 Å². The lowest BCUT2D eigenvalue weighted by molar-refractivity contribution is -0.384. The molecule has 10 nitrogen and oxygen atoms in total. The Balaban J connectivity index is 1.77. The summed E-state index contributed by atoms with van der Waals surface area (Å²) >= 11 is 0. The van der Waals surface area contributed by atoms with Gasteiger partial charge in [0.1, 0.15) is 5.76 Å². The summed E-state index contributed by atoms with van der Waals surface area (Å²) in [6, 6.07) is 9.49. The minimum absolute atomic E-state index is 0.0642. The highest BCUT2D eigenvalue weighted by atomic mass is 16.6. The number of nitrogens with zero attached hydrogens (tertiary/aromatic N) is 5. The standard InChI is InChI=1S/C18H20N6O4/c1-12-17(18(25)19-11-15(22(2)3)16-8-5-9-28-16)20-21-23(12)13-6-4-7-14(10-13)24(26)27/h4-10,15H,11H2,1-3H3,(H,19,25). The fraction of sp³-hybridized carbons (Fsp3) is 0.278. The molecule has 146 valence electrons. The number of benzene rings is 1. The van der Waals surface area contributed by atoms with Crippen molar-refractivity contribution >= 4 is 11.6 Å². The number of nitro benzene ring substituents is 1. The van der Waals surface area contributed by atoms with Crippen molar-refractivity contribution in [3.63, 3.8) is 0 Å². The van der Waals surface area contributed by atoms with Crippen LogP contribution in [0.2, 0.25) is 0 Å². The van der Waals surface area contributed by atoms with E-state index in [1.807, 2.05) is 25.1 Å². The van der Waals surface area contributed by atoms with Gasteiger partial charge in [0.05, 0.1) is 28.6 Å². The topological polar surface area (TPSA) is 119 Å². The van der Waals surface area contributed by atoms with E-state index in [0.29, 0.717) is 17.9 Å². The van der Waals surface area contributed by atoms with Gasteiger partial charge in [-0.1, -0.05) is 11.3 Å². The Hall–Kier alpha value is -3.53. The smallest absolute Gasteiger partial charge is 0.273 e. The summed E-state index contributed by atoms with van der Waals surface area (Å²) in [7, 11) is 3.78. The number of likely N-dealkylation sites (N-methyl/N-ethyl adjacent to an activating group) is 1. The predicted molar refractivity (Wildman–Crippen MR) is 100 cm³/mol. The van der Waals surface area contributed by atoms with Gasteiger partial charge in [0.2, 0.25) is 0 Å². The Morgan fingerprint density at radius 3 is 2.79 bits per heavy atom. The zero-order valence-corrected chi connectivity index (χ0v) is 15.7. The summed E-state index contributed by atoms with van der Waals surface area (Å²) < 4.78 is 6.83. The van der Waals surface area contributed by atoms with Gasteiger partial charge in [-0.15, -0.1) is 5.10 Å². The molecule has 1 atom stereocenters. The minimum Gasteiger partial charge on any atom is -0.468 e. The number of hydrogen-bond acceptors (Lipinski definition) is 7. The lowest BCUT2D eigenvalue weighted by Gasteiger charge is -2.22. The van der Waals surface area contributed by atoms with Crippen molar-refractivity contribution in [2.45, 2.75) is 13.0 Å². The van der Waals surface area contributed by atoms with Crippen LogP contribution in [0.1, 0.15) is 28.0 Å². The first-order valence-corrected chi connectivity index (χ1v) is 8.53. The normalized spacial score (nSPS) is 12.1. The van der Waals surface area contributed by atoms with E-state index in [9.17, 15) is 14.9 Å². The van der Waals surface area contributed by atoms with Crippen LogP contribution in [-0.4, -0.2) is 51.4 Å². The molecular formula is C18H20N6O4. The Kier molecular flexibility index (Phi) is 5.50. The van der Waals surface area contributed by atoms with Gasteiger partial charge in [-0.2, -0.15) is 0 Å².